The first-order chi connectivity index (χ1) is 15.8. The topological polar surface area (TPSA) is 90.4 Å². The molecule has 2 heterocycles. The van der Waals surface area contributed by atoms with E-state index in [4.69, 9.17) is 0 Å². The van der Waals surface area contributed by atoms with E-state index in [1.54, 1.807) is 26.0 Å². The molecule has 0 unspecified atom stereocenters. The second-order valence-electron chi connectivity index (χ2n) is 8.27. The molecule has 4 rings (SSSR count). The molecule has 9 heteroatoms. The maximum absolute atomic E-state index is 14.7. The highest BCUT2D eigenvalue weighted by Crippen LogP contribution is 2.26. The number of carbonyl (C=O) groups excluding carboxylic acids is 1. The average Bonchev–Trinajstić information content (AvgIpc) is 2.81. The number of hydrogen-bond donors (Lipinski definition) is 2. The van der Waals surface area contributed by atoms with E-state index in [0.717, 1.165) is 37.4 Å². The largest absolute Gasteiger partial charge is 0.369 e. The minimum atomic E-state index is -0.485. The van der Waals surface area contributed by atoms with E-state index in [1.165, 1.54) is 17.7 Å². The molecular formula is C24H28FN5O3. The number of H-pyrrole nitrogens is 1. The number of fused-ring (bicyclic) bond motifs is 1. The smallest absolute Gasteiger partial charge is 0.328 e. The van der Waals surface area contributed by atoms with Gasteiger partial charge in [0.05, 0.1) is 16.5 Å². The number of halogens is 1. The zero-order valence-electron chi connectivity index (χ0n) is 19.1. The van der Waals surface area contributed by atoms with Crippen molar-refractivity contribution >= 4 is 22.5 Å². The van der Waals surface area contributed by atoms with Gasteiger partial charge in [-0.3, -0.25) is 19.1 Å². The fraction of sp³-hybridized carbons (Fsp3) is 0.375. The fourth-order valence-corrected chi connectivity index (χ4v) is 4.42. The van der Waals surface area contributed by atoms with E-state index in [1.807, 2.05) is 12.1 Å². The highest BCUT2D eigenvalue weighted by Gasteiger charge is 2.22. The number of rotatable bonds is 5. The highest BCUT2D eigenvalue weighted by molar-refractivity contribution is 5.95. The third kappa shape index (κ3) is 4.28. The molecule has 0 bridgehead atoms. The molecule has 174 valence electrons. The van der Waals surface area contributed by atoms with E-state index in [-0.39, 0.29) is 11.1 Å². The predicted molar refractivity (Wildman–Crippen MR) is 127 cm³/mol. The number of hydrogen-bond acceptors (Lipinski definition) is 5. The molecule has 1 saturated heterocycles. The lowest BCUT2D eigenvalue weighted by Crippen LogP contribution is -2.46. The van der Waals surface area contributed by atoms with Gasteiger partial charge in [-0.05, 0) is 43.7 Å². The van der Waals surface area contributed by atoms with E-state index in [9.17, 15) is 18.8 Å². The van der Waals surface area contributed by atoms with Crippen LogP contribution in [0.15, 0.2) is 39.9 Å². The molecule has 1 aromatic heterocycles. The lowest BCUT2D eigenvalue weighted by molar-refractivity contribution is 0.0959. The standard InChI is InChI=1S/C24H28FN5O3/c1-4-30-23(32)17-6-5-16(13-19(17)27-24(30)33)14-28-9-11-29(12-10-28)20-8-7-18(22(31)26-3)21(25)15(20)2/h5-8,13H,4,9-12,14H2,1-3H3,(H,26,31)(H,27,33). The van der Waals surface area contributed by atoms with Gasteiger partial charge >= 0.3 is 5.69 Å². The molecule has 3 aromatic rings. The van der Waals surface area contributed by atoms with Crippen LogP contribution in [-0.4, -0.2) is 53.6 Å². The second-order valence-corrected chi connectivity index (χ2v) is 8.27. The van der Waals surface area contributed by atoms with Gasteiger partial charge in [-0.15, -0.1) is 0 Å². The number of nitrogens with one attached hydrogen (secondary N) is 2. The second kappa shape index (κ2) is 9.19. The Balaban J connectivity index is 1.46. The number of amides is 1. The van der Waals surface area contributed by atoms with Gasteiger partial charge < -0.3 is 15.2 Å². The van der Waals surface area contributed by atoms with Crippen LogP contribution in [0, 0.1) is 12.7 Å². The quantitative estimate of drug-likeness (QED) is 0.615. The van der Waals surface area contributed by atoms with Crippen molar-refractivity contribution in [1.29, 1.82) is 0 Å². The molecule has 33 heavy (non-hydrogen) atoms. The van der Waals surface area contributed by atoms with Crippen molar-refractivity contribution < 1.29 is 9.18 Å². The molecule has 2 N–H and O–H groups in total. The summed E-state index contributed by atoms with van der Waals surface area (Å²) in [6, 6.07) is 8.89. The van der Waals surface area contributed by atoms with Crippen LogP contribution < -0.4 is 21.5 Å². The van der Waals surface area contributed by atoms with Gasteiger partial charge in [0.25, 0.3) is 11.5 Å². The van der Waals surface area contributed by atoms with Gasteiger partial charge in [-0.1, -0.05) is 6.07 Å². The van der Waals surface area contributed by atoms with Gasteiger partial charge in [0.2, 0.25) is 0 Å². The Kier molecular flexibility index (Phi) is 6.33. The summed E-state index contributed by atoms with van der Waals surface area (Å²) in [5.74, 6) is -0.918. The van der Waals surface area contributed by atoms with Crippen LogP contribution >= 0.6 is 0 Å². The summed E-state index contributed by atoms with van der Waals surface area (Å²) in [4.78, 5) is 43.6. The van der Waals surface area contributed by atoms with Crippen molar-refractivity contribution in [1.82, 2.24) is 19.8 Å². The summed E-state index contributed by atoms with van der Waals surface area (Å²) in [5, 5.41) is 2.97. The van der Waals surface area contributed by atoms with Crippen LogP contribution in [0.5, 0.6) is 0 Å². The number of aromatic amines is 1. The van der Waals surface area contributed by atoms with E-state index in [0.29, 0.717) is 29.6 Å². The highest BCUT2D eigenvalue weighted by atomic mass is 19.1. The first-order valence-corrected chi connectivity index (χ1v) is 11.1. The SMILES string of the molecule is CCn1c(=O)[nH]c2cc(CN3CCN(c4ccc(C(=O)NC)c(F)c4C)CC3)ccc2c1=O. The van der Waals surface area contributed by atoms with Crippen molar-refractivity contribution in [2.24, 2.45) is 0 Å². The van der Waals surface area contributed by atoms with Gasteiger partial charge in [0.1, 0.15) is 5.82 Å². The summed E-state index contributed by atoms with van der Waals surface area (Å²) < 4.78 is 15.9. The van der Waals surface area contributed by atoms with Crippen LogP contribution in [0.4, 0.5) is 10.1 Å². The van der Waals surface area contributed by atoms with Gasteiger partial charge in [-0.25, -0.2) is 9.18 Å². The molecule has 2 aromatic carbocycles. The Morgan fingerprint density at radius 2 is 1.85 bits per heavy atom. The Morgan fingerprint density at radius 1 is 1.12 bits per heavy atom. The maximum Gasteiger partial charge on any atom is 0.328 e. The number of piperazine rings is 1. The Morgan fingerprint density at radius 3 is 2.52 bits per heavy atom. The first-order valence-electron chi connectivity index (χ1n) is 11.1. The molecule has 0 atom stereocenters. The lowest BCUT2D eigenvalue weighted by atomic mass is 10.1. The predicted octanol–water partition coefficient (Wildman–Crippen LogP) is 1.84. The van der Waals surface area contributed by atoms with Gasteiger partial charge in [0, 0.05) is 57.6 Å². The molecule has 1 amide bonds. The van der Waals surface area contributed by atoms with E-state index in [2.05, 4.69) is 20.1 Å². The summed E-state index contributed by atoms with van der Waals surface area (Å²) >= 11 is 0. The van der Waals surface area contributed by atoms with Crippen molar-refractivity contribution in [2.75, 3.05) is 38.1 Å². The lowest BCUT2D eigenvalue weighted by Gasteiger charge is -2.37. The normalized spacial score (nSPS) is 14.6. The number of nitrogens with zero attached hydrogens (tertiary/aromatic N) is 3. The number of aromatic nitrogens is 2. The minimum absolute atomic E-state index is 0.0532. The number of anilines is 1. The van der Waals surface area contributed by atoms with E-state index >= 15 is 0 Å². The Bertz CT molecular complexity index is 1320. The van der Waals surface area contributed by atoms with Crippen LogP contribution in [0.1, 0.15) is 28.4 Å². The molecule has 1 aliphatic rings. The molecule has 0 radical (unpaired) electrons. The van der Waals surface area contributed by atoms with Crippen molar-refractivity contribution in [2.45, 2.75) is 26.9 Å². The molecule has 0 aliphatic carbocycles. The summed E-state index contributed by atoms with van der Waals surface area (Å²) in [7, 11) is 1.48. The Labute approximate surface area is 190 Å². The van der Waals surface area contributed by atoms with Gasteiger partial charge in [0.15, 0.2) is 0 Å². The van der Waals surface area contributed by atoms with Crippen LogP contribution in [-0.2, 0) is 13.1 Å². The fourth-order valence-electron chi connectivity index (χ4n) is 4.42. The number of benzene rings is 2. The number of carbonyl (C=O) groups is 1. The molecule has 1 aliphatic heterocycles. The average molecular weight is 454 g/mol. The molecule has 0 saturated carbocycles. The third-order valence-electron chi connectivity index (χ3n) is 6.31. The van der Waals surface area contributed by atoms with Crippen LogP contribution in [0.3, 0.4) is 0 Å². The molecule has 8 nitrogen and oxygen atoms in total. The van der Waals surface area contributed by atoms with Crippen molar-refractivity contribution in [3.63, 3.8) is 0 Å². The monoisotopic (exact) mass is 453 g/mol. The van der Waals surface area contributed by atoms with Crippen LogP contribution in [0.25, 0.3) is 10.9 Å². The Hall–Kier alpha value is -3.46. The summed E-state index contributed by atoms with van der Waals surface area (Å²) in [5.41, 5.74) is 2.21. The maximum atomic E-state index is 14.7. The van der Waals surface area contributed by atoms with Crippen molar-refractivity contribution in [3.8, 4) is 0 Å². The summed E-state index contributed by atoms with van der Waals surface area (Å²) in [6.45, 7) is 7.50. The van der Waals surface area contributed by atoms with E-state index < -0.39 is 17.4 Å². The third-order valence-corrected chi connectivity index (χ3v) is 6.31. The van der Waals surface area contributed by atoms with Gasteiger partial charge in [-0.2, -0.15) is 0 Å². The minimum Gasteiger partial charge on any atom is -0.369 e. The molecule has 0 spiro atoms. The summed E-state index contributed by atoms with van der Waals surface area (Å²) in [6.07, 6.45) is 0. The van der Waals surface area contributed by atoms with Crippen LogP contribution in [0.2, 0.25) is 0 Å². The van der Waals surface area contributed by atoms with Crippen molar-refractivity contribution in [3.05, 3.63) is 73.7 Å². The first kappa shape index (κ1) is 22.7. The molecule has 1 fully saturated rings. The zero-order chi connectivity index (χ0) is 23.7. The molecular weight excluding hydrogens is 425 g/mol. The zero-order valence-corrected chi connectivity index (χ0v) is 19.1.